The van der Waals surface area contributed by atoms with E-state index in [-0.39, 0.29) is 29.9 Å². The molecule has 1 saturated carbocycles. The Morgan fingerprint density at radius 2 is 1.84 bits per heavy atom. The lowest BCUT2D eigenvalue weighted by Crippen LogP contribution is -2.46. The van der Waals surface area contributed by atoms with Gasteiger partial charge in [0.25, 0.3) is 0 Å². The molecule has 1 aliphatic carbocycles. The zero-order valence-electron chi connectivity index (χ0n) is 15.7. The van der Waals surface area contributed by atoms with Gasteiger partial charge in [0, 0.05) is 38.6 Å². The molecule has 1 aliphatic rings. The zero-order valence-corrected chi connectivity index (χ0v) is 18.1. The maximum Gasteiger partial charge on any atom is 0.242 e. The van der Waals surface area contributed by atoms with Crippen molar-refractivity contribution in [1.29, 1.82) is 0 Å². The predicted molar refractivity (Wildman–Crippen MR) is 115 cm³/mol. The third-order valence-electron chi connectivity index (χ3n) is 4.49. The summed E-state index contributed by atoms with van der Waals surface area (Å²) in [5.41, 5.74) is 1.37. The fourth-order valence-corrected chi connectivity index (χ4v) is 2.97. The number of likely N-dealkylation sites (N-methyl/N-ethyl adjacent to an activating group) is 2. The van der Waals surface area contributed by atoms with E-state index in [0.29, 0.717) is 25.0 Å². The quantitative estimate of drug-likeness (QED) is 0.389. The van der Waals surface area contributed by atoms with Gasteiger partial charge in [0.1, 0.15) is 0 Å². The van der Waals surface area contributed by atoms with Crippen LogP contribution >= 0.6 is 24.0 Å². The number of benzene rings is 1. The number of amides is 1. The predicted octanol–water partition coefficient (Wildman–Crippen LogP) is 2.93. The molecule has 1 aromatic rings. The summed E-state index contributed by atoms with van der Waals surface area (Å²) >= 11 is 0. The van der Waals surface area contributed by atoms with Gasteiger partial charge in [-0.3, -0.25) is 9.79 Å². The van der Waals surface area contributed by atoms with Gasteiger partial charge in [-0.2, -0.15) is 0 Å². The van der Waals surface area contributed by atoms with Crippen molar-refractivity contribution in [1.82, 2.24) is 15.1 Å². The van der Waals surface area contributed by atoms with Gasteiger partial charge >= 0.3 is 0 Å². The number of guanidine groups is 1. The highest BCUT2D eigenvalue weighted by molar-refractivity contribution is 14.0. The van der Waals surface area contributed by atoms with E-state index in [1.54, 1.807) is 0 Å². The number of aliphatic imine (C=N–C) groups is 1. The van der Waals surface area contributed by atoms with Gasteiger partial charge in [-0.1, -0.05) is 30.3 Å². The number of carbonyl (C=O) groups excluding carboxylic acids is 1. The lowest BCUT2D eigenvalue weighted by Gasteiger charge is -2.26. The first-order valence-electron chi connectivity index (χ1n) is 8.95. The molecule has 1 N–H and O–H groups in total. The van der Waals surface area contributed by atoms with E-state index in [2.05, 4.69) is 34.6 Å². The summed E-state index contributed by atoms with van der Waals surface area (Å²) in [4.78, 5) is 20.7. The minimum atomic E-state index is 0. The molecule has 1 fully saturated rings. The van der Waals surface area contributed by atoms with Crippen LogP contribution < -0.4 is 5.32 Å². The standard InChI is InChI=1S/C19H30N4O.HI/c1-5-20-19(22(4)14-18(24)23(6-2)7-3)21-17-13-16(17)15-11-9-8-10-12-15;/h8-12,16-17H,5-7,13-14H2,1-4H3,(H,20,21);1H. The van der Waals surface area contributed by atoms with E-state index < -0.39 is 0 Å². The number of nitrogens with zero attached hydrogens (tertiary/aromatic N) is 3. The Labute approximate surface area is 168 Å². The first-order valence-corrected chi connectivity index (χ1v) is 8.95. The van der Waals surface area contributed by atoms with Crippen LogP contribution in [0, 0.1) is 0 Å². The molecule has 2 rings (SSSR count). The summed E-state index contributed by atoms with van der Waals surface area (Å²) in [6.45, 7) is 8.59. The van der Waals surface area contributed by atoms with E-state index in [0.717, 1.165) is 25.5 Å². The second kappa shape index (κ2) is 10.6. The molecule has 2 unspecified atom stereocenters. The minimum absolute atomic E-state index is 0. The molecule has 6 heteroatoms. The summed E-state index contributed by atoms with van der Waals surface area (Å²) in [6.07, 6.45) is 1.12. The molecule has 5 nitrogen and oxygen atoms in total. The Bertz CT molecular complexity index is 560. The fourth-order valence-electron chi connectivity index (χ4n) is 2.97. The van der Waals surface area contributed by atoms with E-state index in [1.807, 2.05) is 43.7 Å². The topological polar surface area (TPSA) is 47.9 Å². The van der Waals surface area contributed by atoms with Crippen molar-refractivity contribution in [2.24, 2.45) is 4.99 Å². The highest BCUT2D eigenvalue weighted by Crippen LogP contribution is 2.40. The number of hydrogen-bond donors (Lipinski definition) is 1. The van der Waals surface area contributed by atoms with E-state index in [4.69, 9.17) is 0 Å². The summed E-state index contributed by atoms with van der Waals surface area (Å²) < 4.78 is 0. The van der Waals surface area contributed by atoms with Crippen LogP contribution in [0.2, 0.25) is 0 Å². The average Bonchev–Trinajstić information content (AvgIpc) is 3.35. The Hall–Kier alpha value is -1.31. The van der Waals surface area contributed by atoms with Crippen molar-refractivity contribution >= 4 is 35.8 Å². The summed E-state index contributed by atoms with van der Waals surface area (Å²) in [6, 6.07) is 11.0. The maximum absolute atomic E-state index is 12.3. The molecule has 0 heterocycles. The SMILES string of the molecule is CCN=C(NC1CC1c1ccccc1)N(C)CC(=O)N(CC)CC.I. The van der Waals surface area contributed by atoms with Crippen LogP contribution in [-0.2, 0) is 4.79 Å². The molecule has 1 aromatic carbocycles. The van der Waals surface area contributed by atoms with Crippen LogP contribution in [0.25, 0.3) is 0 Å². The summed E-state index contributed by atoms with van der Waals surface area (Å²) in [5, 5.41) is 3.53. The first-order chi connectivity index (χ1) is 11.6. The number of carbonyl (C=O) groups is 1. The van der Waals surface area contributed by atoms with Gasteiger partial charge in [-0.15, -0.1) is 24.0 Å². The maximum atomic E-state index is 12.3. The first kappa shape index (κ1) is 21.7. The van der Waals surface area contributed by atoms with Crippen LogP contribution in [0.3, 0.4) is 0 Å². The third kappa shape index (κ3) is 6.17. The van der Waals surface area contributed by atoms with E-state index >= 15 is 0 Å². The largest absolute Gasteiger partial charge is 0.353 e. The van der Waals surface area contributed by atoms with Gasteiger partial charge in [0.2, 0.25) is 5.91 Å². The van der Waals surface area contributed by atoms with Crippen molar-refractivity contribution in [3.05, 3.63) is 35.9 Å². The second-order valence-electron chi connectivity index (χ2n) is 6.22. The highest BCUT2D eigenvalue weighted by Gasteiger charge is 2.39. The number of halogens is 1. The molecule has 0 aromatic heterocycles. The van der Waals surface area contributed by atoms with Crippen molar-refractivity contribution < 1.29 is 4.79 Å². The monoisotopic (exact) mass is 458 g/mol. The second-order valence-corrected chi connectivity index (χ2v) is 6.22. The lowest BCUT2D eigenvalue weighted by molar-refractivity contribution is -0.131. The Morgan fingerprint density at radius 3 is 2.40 bits per heavy atom. The minimum Gasteiger partial charge on any atom is -0.353 e. The Morgan fingerprint density at radius 1 is 1.20 bits per heavy atom. The Kier molecular flexibility index (Phi) is 9.24. The van der Waals surface area contributed by atoms with Gasteiger partial charge in [-0.05, 0) is 32.8 Å². The molecule has 25 heavy (non-hydrogen) atoms. The van der Waals surface area contributed by atoms with Crippen LogP contribution in [0.15, 0.2) is 35.3 Å². The number of hydrogen-bond acceptors (Lipinski definition) is 2. The van der Waals surface area contributed by atoms with Crippen molar-refractivity contribution in [3.63, 3.8) is 0 Å². The lowest BCUT2D eigenvalue weighted by atomic mass is 10.1. The normalized spacial score (nSPS) is 19.0. The molecule has 1 amide bonds. The van der Waals surface area contributed by atoms with Crippen LogP contribution in [0.4, 0.5) is 0 Å². The van der Waals surface area contributed by atoms with Crippen LogP contribution in [-0.4, -0.2) is 60.9 Å². The van der Waals surface area contributed by atoms with E-state index in [1.165, 1.54) is 5.56 Å². The summed E-state index contributed by atoms with van der Waals surface area (Å²) in [5.74, 6) is 1.50. The zero-order chi connectivity index (χ0) is 17.5. The van der Waals surface area contributed by atoms with Crippen molar-refractivity contribution in [2.75, 3.05) is 33.2 Å². The van der Waals surface area contributed by atoms with Crippen molar-refractivity contribution in [2.45, 2.75) is 39.2 Å². The molecule has 0 radical (unpaired) electrons. The van der Waals surface area contributed by atoms with Crippen LogP contribution in [0.5, 0.6) is 0 Å². The van der Waals surface area contributed by atoms with E-state index in [9.17, 15) is 4.79 Å². The van der Waals surface area contributed by atoms with Crippen molar-refractivity contribution in [3.8, 4) is 0 Å². The molecular formula is C19H31IN4O. The molecule has 0 aliphatic heterocycles. The molecule has 0 spiro atoms. The van der Waals surface area contributed by atoms with Gasteiger partial charge in [-0.25, -0.2) is 0 Å². The molecule has 0 bridgehead atoms. The van der Waals surface area contributed by atoms with Gasteiger partial charge < -0.3 is 15.1 Å². The molecule has 2 atom stereocenters. The smallest absolute Gasteiger partial charge is 0.242 e. The van der Waals surface area contributed by atoms with Gasteiger partial charge in [0.05, 0.1) is 6.54 Å². The number of nitrogens with one attached hydrogen (secondary N) is 1. The molecular weight excluding hydrogens is 427 g/mol. The fraction of sp³-hybridized carbons (Fsp3) is 0.579. The van der Waals surface area contributed by atoms with Crippen LogP contribution in [0.1, 0.15) is 38.7 Å². The molecule has 0 saturated heterocycles. The average molecular weight is 458 g/mol. The highest BCUT2D eigenvalue weighted by atomic mass is 127. The van der Waals surface area contributed by atoms with Gasteiger partial charge in [0.15, 0.2) is 5.96 Å². The third-order valence-corrected chi connectivity index (χ3v) is 4.49. The summed E-state index contributed by atoms with van der Waals surface area (Å²) in [7, 11) is 1.93. The Balaban J connectivity index is 0.00000312. The number of rotatable bonds is 7. The molecule has 140 valence electrons.